The van der Waals surface area contributed by atoms with E-state index in [0.717, 1.165) is 6.42 Å². The van der Waals surface area contributed by atoms with Crippen molar-refractivity contribution in [3.8, 4) is 11.1 Å². The van der Waals surface area contributed by atoms with Gasteiger partial charge in [-0.15, -0.1) is 0 Å². The maximum Gasteiger partial charge on any atom is 0.269 e. The van der Waals surface area contributed by atoms with Gasteiger partial charge in [0.25, 0.3) is 12.3 Å². The quantitative estimate of drug-likeness (QED) is 0.444. The molecule has 152 valence electrons. The second kappa shape index (κ2) is 10.9. The predicted octanol–water partition coefficient (Wildman–Crippen LogP) is 3.57. The summed E-state index contributed by atoms with van der Waals surface area (Å²) >= 11 is 0. The second-order valence-corrected chi connectivity index (χ2v) is 5.74. The highest BCUT2D eigenvalue weighted by atomic mass is 19.3. The van der Waals surface area contributed by atoms with E-state index in [1.807, 2.05) is 6.92 Å². The normalized spacial score (nSPS) is 11.4. The zero-order valence-electron chi connectivity index (χ0n) is 15.8. The molecule has 0 saturated heterocycles. The van der Waals surface area contributed by atoms with Gasteiger partial charge in [-0.2, -0.15) is 0 Å². The minimum atomic E-state index is -2.65. The lowest BCUT2D eigenvalue weighted by Crippen LogP contribution is -2.31. The molecule has 0 heterocycles. The highest BCUT2D eigenvalue weighted by Gasteiger charge is 2.19. The Kier molecular flexibility index (Phi) is 8.87. The Morgan fingerprint density at radius 3 is 2.25 bits per heavy atom. The molecule has 2 rings (SSSR count). The summed E-state index contributed by atoms with van der Waals surface area (Å²) in [5, 5.41) is 2.63. The van der Waals surface area contributed by atoms with Crippen LogP contribution in [0.4, 0.5) is 18.9 Å². The molecule has 2 aromatic rings. The molecule has 0 aliphatic carbocycles. The lowest BCUT2D eigenvalue weighted by Gasteiger charge is -2.15. The number of benzene rings is 2. The van der Waals surface area contributed by atoms with Crippen molar-refractivity contribution < 1.29 is 18.0 Å². The van der Waals surface area contributed by atoms with Crippen molar-refractivity contribution in [2.75, 3.05) is 19.5 Å². The number of para-hydroxylation sites is 1. The summed E-state index contributed by atoms with van der Waals surface area (Å²) in [7, 11) is 0.500. The van der Waals surface area contributed by atoms with Crippen LogP contribution in [-0.4, -0.2) is 19.6 Å². The topological polar surface area (TPSA) is 107 Å². The van der Waals surface area contributed by atoms with E-state index in [4.69, 9.17) is 17.2 Å². The van der Waals surface area contributed by atoms with Gasteiger partial charge < -0.3 is 22.5 Å². The number of nitrogens with two attached hydrogens (primary N) is 3. The molecule has 1 amide bonds. The van der Waals surface area contributed by atoms with E-state index in [-0.39, 0.29) is 22.6 Å². The molecule has 5 nitrogen and oxygen atoms in total. The number of carbonyl (C=O) groups is 1. The minimum absolute atomic E-state index is 0.00693. The van der Waals surface area contributed by atoms with Crippen LogP contribution in [0, 0.1) is 0 Å². The first-order valence-corrected chi connectivity index (χ1v) is 8.56. The van der Waals surface area contributed by atoms with Gasteiger partial charge in [-0.05, 0) is 12.0 Å². The Morgan fingerprint density at radius 2 is 1.64 bits per heavy atom. The molecule has 0 aromatic heterocycles. The Morgan fingerprint density at radius 1 is 1.04 bits per heavy atom. The van der Waals surface area contributed by atoms with Crippen molar-refractivity contribution in [3.05, 3.63) is 59.3 Å². The number of amides is 1. The summed E-state index contributed by atoms with van der Waals surface area (Å²) in [6, 6.07) is 11.0. The fourth-order valence-electron chi connectivity index (χ4n) is 2.57. The van der Waals surface area contributed by atoms with Crippen molar-refractivity contribution in [1.82, 2.24) is 5.32 Å². The van der Waals surface area contributed by atoms with Crippen LogP contribution in [0.15, 0.2) is 48.2 Å². The van der Waals surface area contributed by atoms with Crippen LogP contribution in [0.1, 0.15) is 30.9 Å². The maximum atomic E-state index is 13.3. The van der Waals surface area contributed by atoms with Gasteiger partial charge in [-0.25, -0.2) is 8.78 Å². The number of anilines is 1. The van der Waals surface area contributed by atoms with Gasteiger partial charge in [0.1, 0.15) is 5.70 Å². The van der Waals surface area contributed by atoms with Gasteiger partial charge in [0.15, 0.2) is 0 Å². The molecule has 0 aliphatic rings. The van der Waals surface area contributed by atoms with Gasteiger partial charge in [0.05, 0.1) is 12.9 Å². The standard InChI is InChI=1S/C19H22F2N4O.CH3F/c1-2-10-25-19(26)17(24)16(23)14-9-5-8-12(15(14)22)11-6-3-4-7-13(11)18(20)21;1-2/h3-9,18H,2,10,22-24H2,1H3,(H,25,26);1H3/b17-16+;. The van der Waals surface area contributed by atoms with E-state index in [0.29, 0.717) is 30.4 Å². The summed E-state index contributed by atoms with van der Waals surface area (Å²) in [5.74, 6) is -0.498. The van der Waals surface area contributed by atoms with Gasteiger partial charge in [-0.1, -0.05) is 49.4 Å². The van der Waals surface area contributed by atoms with Gasteiger partial charge >= 0.3 is 0 Å². The number of carbonyl (C=O) groups excluding carboxylic acids is 1. The number of nitrogen functional groups attached to an aromatic ring is 1. The first kappa shape index (κ1) is 22.9. The number of rotatable bonds is 6. The molecule has 0 spiro atoms. The van der Waals surface area contributed by atoms with E-state index in [1.165, 1.54) is 12.1 Å². The van der Waals surface area contributed by atoms with Gasteiger partial charge in [-0.3, -0.25) is 9.18 Å². The van der Waals surface area contributed by atoms with E-state index >= 15 is 0 Å². The second-order valence-electron chi connectivity index (χ2n) is 5.74. The zero-order valence-corrected chi connectivity index (χ0v) is 15.8. The van der Waals surface area contributed by atoms with Crippen molar-refractivity contribution >= 4 is 17.3 Å². The summed E-state index contributed by atoms with van der Waals surface area (Å²) in [6.45, 7) is 2.37. The minimum Gasteiger partial charge on any atom is -0.398 e. The van der Waals surface area contributed by atoms with Crippen LogP contribution >= 0.6 is 0 Å². The van der Waals surface area contributed by atoms with Crippen LogP contribution in [-0.2, 0) is 4.79 Å². The molecule has 0 fully saturated rings. The number of nitrogens with one attached hydrogen (secondary N) is 1. The molecule has 2 aromatic carbocycles. The van der Waals surface area contributed by atoms with E-state index in [9.17, 15) is 18.0 Å². The smallest absolute Gasteiger partial charge is 0.269 e. The van der Waals surface area contributed by atoms with Gasteiger partial charge in [0, 0.05) is 28.9 Å². The predicted molar refractivity (Wildman–Crippen MR) is 107 cm³/mol. The monoisotopic (exact) mass is 394 g/mol. The number of hydrogen-bond donors (Lipinski definition) is 4. The third kappa shape index (κ3) is 5.18. The molecule has 0 bridgehead atoms. The Bertz CT molecular complexity index is 838. The summed E-state index contributed by atoms with van der Waals surface area (Å²) in [5.41, 5.74) is 19.0. The van der Waals surface area contributed by atoms with E-state index in [1.54, 1.807) is 30.3 Å². The SMILES string of the molecule is CCCNC(=O)/C(N)=C(\N)c1cccc(-c2ccccc2C(F)F)c1N.CF. The Hall–Kier alpha value is -3.16. The third-order valence-corrected chi connectivity index (χ3v) is 3.95. The third-order valence-electron chi connectivity index (χ3n) is 3.95. The Labute approximate surface area is 162 Å². The molecule has 0 radical (unpaired) electrons. The maximum absolute atomic E-state index is 13.3. The van der Waals surface area contributed by atoms with Gasteiger partial charge in [0.2, 0.25) is 0 Å². The summed E-state index contributed by atoms with van der Waals surface area (Å²) in [6.07, 6.45) is -1.90. The first-order valence-electron chi connectivity index (χ1n) is 8.56. The average Bonchev–Trinajstić information content (AvgIpc) is 2.72. The molecule has 0 unspecified atom stereocenters. The van der Waals surface area contributed by atoms with Crippen LogP contribution in [0.3, 0.4) is 0 Å². The first-order chi connectivity index (χ1) is 13.4. The lowest BCUT2D eigenvalue weighted by atomic mass is 9.95. The fourth-order valence-corrected chi connectivity index (χ4v) is 2.57. The summed E-state index contributed by atoms with van der Waals surface area (Å²) in [4.78, 5) is 12.0. The van der Waals surface area contributed by atoms with E-state index in [2.05, 4.69) is 5.32 Å². The summed E-state index contributed by atoms with van der Waals surface area (Å²) < 4.78 is 36.1. The molecule has 8 heteroatoms. The largest absolute Gasteiger partial charge is 0.398 e. The molecule has 0 saturated carbocycles. The van der Waals surface area contributed by atoms with Crippen LogP contribution in [0.5, 0.6) is 0 Å². The van der Waals surface area contributed by atoms with Crippen LogP contribution in [0.2, 0.25) is 0 Å². The van der Waals surface area contributed by atoms with Crippen LogP contribution < -0.4 is 22.5 Å². The van der Waals surface area contributed by atoms with Crippen molar-refractivity contribution in [2.24, 2.45) is 11.5 Å². The van der Waals surface area contributed by atoms with Crippen LogP contribution in [0.25, 0.3) is 16.8 Å². The lowest BCUT2D eigenvalue weighted by molar-refractivity contribution is -0.117. The number of halogens is 3. The zero-order chi connectivity index (χ0) is 21.3. The molecular formula is C20H25F3N4O. The van der Waals surface area contributed by atoms with Crippen molar-refractivity contribution in [3.63, 3.8) is 0 Å². The van der Waals surface area contributed by atoms with E-state index < -0.39 is 12.3 Å². The number of alkyl halides is 3. The highest BCUT2D eigenvalue weighted by Crippen LogP contribution is 2.36. The molecule has 7 N–H and O–H groups in total. The molecular weight excluding hydrogens is 369 g/mol. The fraction of sp³-hybridized carbons (Fsp3) is 0.250. The number of hydrogen-bond acceptors (Lipinski definition) is 4. The molecule has 28 heavy (non-hydrogen) atoms. The van der Waals surface area contributed by atoms with Crippen molar-refractivity contribution in [2.45, 2.75) is 19.8 Å². The Balaban J connectivity index is 0.00000190. The van der Waals surface area contributed by atoms with Crippen molar-refractivity contribution in [1.29, 1.82) is 0 Å². The average molecular weight is 394 g/mol. The molecule has 0 aliphatic heterocycles. The highest BCUT2D eigenvalue weighted by molar-refractivity contribution is 6.01. The molecule has 0 atom stereocenters.